The standard InChI is InChI=1S/C10H20N2O4S/c1-10(2)9(13)11-5-6-12(10)17(14,15)8-4-7-16-3/h4-8H2,1-3H3,(H,11,13). The Morgan fingerprint density at radius 3 is 2.71 bits per heavy atom. The minimum absolute atomic E-state index is 0.0115. The van der Waals surface area contributed by atoms with Crippen LogP contribution in [-0.4, -0.2) is 56.7 Å². The first-order chi connectivity index (χ1) is 7.82. The van der Waals surface area contributed by atoms with Gasteiger partial charge in [-0.15, -0.1) is 0 Å². The van der Waals surface area contributed by atoms with Crippen molar-refractivity contribution >= 4 is 15.9 Å². The summed E-state index contributed by atoms with van der Waals surface area (Å²) >= 11 is 0. The quantitative estimate of drug-likeness (QED) is 0.683. The zero-order chi connectivity index (χ0) is 13.1. The summed E-state index contributed by atoms with van der Waals surface area (Å²) in [7, 11) is -1.87. The third-order valence-electron chi connectivity index (χ3n) is 2.87. The monoisotopic (exact) mass is 264 g/mol. The highest BCUT2D eigenvalue weighted by Gasteiger charge is 2.43. The van der Waals surface area contributed by atoms with Gasteiger partial charge in [0.15, 0.2) is 0 Å². The second-order valence-corrected chi connectivity index (χ2v) is 6.56. The van der Waals surface area contributed by atoms with Crippen LogP contribution in [-0.2, 0) is 19.6 Å². The van der Waals surface area contributed by atoms with E-state index in [9.17, 15) is 13.2 Å². The fraction of sp³-hybridized carbons (Fsp3) is 0.900. The van der Waals surface area contributed by atoms with Crippen molar-refractivity contribution in [2.45, 2.75) is 25.8 Å². The molecule has 0 saturated carbocycles. The molecule has 6 nitrogen and oxygen atoms in total. The van der Waals surface area contributed by atoms with Gasteiger partial charge in [0.05, 0.1) is 5.75 Å². The van der Waals surface area contributed by atoms with Gasteiger partial charge in [0.2, 0.25) is 15.9 Å². The molecule has 0 radical (unpaired) electrons. The number of ether oxygens (including phenoxy) is 1. The summed E-state index contributed by atoms with van der Waals surface area (Å²) in [5.41, 5.74) is -1.01. The lowest BCUT2D eigenvalue weighted by molar-refractivity contribution is -0.131. The Morgan fingerprint density at radius 1 is 1.47 bits per heavy atom. The summed E-state index contributed by atoms with van der Waals surface area (Å²) in [6, 6.07) is 0. The maximum Gasteiger partial charge on any atom is 0.241 e. The molecule has 1 heterocycles. The van der Waals surface area contributed by atoms with Crippen LogP contribution >= 0.6 is 0 Å². The Morgan fingerprint density at radius 2 is 2.12 bits per heavy atom. The lowest BCUT2D eigenvalue weighted by atomic mass is 10.0. The summed E-state index contributed by atoms with van der Waals surface area (Å²) in [6.45, 7) is 4.34. The van der Waals surface area contributed by atoms with Gasteiger partial charge in [-0.3, -0.25) is 4.79 Å². The highest BCUT2D eigenvalue weighted by Crippen LogP contribution is 2.22. The van der Waals surface area contributed by atoms with Crippen molar-refractivity contribution in [3.8, 4) is 0 Å². The highest BCUT2D eigenvalue weighted by molar-refractivity contribution is 7.89. The molecule has 0 aromatic heterocycles. The molecular weight excluding hydrogens is 244 g/mol. The van der Waals surface area contributed by atoms with E-state index in [0.29, 0.717) is 26.1 Å². The molecule has 1 N–H and O–H groups in total. The fourth-order valence-corrected chi connectivity index (χ4v) is 3.71. The Bertz CT molecular complexity index is 378. The van der Waals surface area contributed by atoms with Crippen LogP contribution in [0.3, 0.4) is 0 Å². The summed E-state index contributed by atoms with van der Waals surface area (Å²) in [5, 5.41) is 2.67. The molecule has 1 saturated heterocycles. The van der Waals surface area contributed by atoms with E-state index in [1.165, 1.54) is 11.4 Å². The molecule has 0 aliphatic carbocycles. The van der Waals surface area contributed by atoms with E-state index >= 15 is 0 Å². The zero-order valence-electron chi connectivity index (χ0n) is 10.5. The Kier molecular flexibility index (Phi) is 4.51. The maximum absolute atomic E-state index is 12.1. The predicted octanol–water partition coefficient (Wildman–Crippen LogP) is -0.437. The van der Waals surface area contributed by atoms with Gasteiger partial charge < -0.3 is 10.1 Å². The second kappa shape index (κ2) is 5.32. The number of nitrogens with one attached hydrogen (secondary N) is 1. The van der Waals surface area contributed by atoms with Gasteiger partial charge >= 0.3 is 0 Å². The summed E-state index contributed by atoms with van der Waals surface area (Å²) in [5.74, 6) is -0.239. The van der Waals surface area contributed by atoms with E-state index < -0.39 is 15.6 Å². The number of carbonyl (C=O) groups excluding carboxylic acids is 1. The van der Waals surface area contributed by atoms with Gasteiger partial charge in [0, 0.05) is 26.8 Å². The van der Waals surface area contributed by atoms with Crippen LogP contribution in [0.1, 0.15) is 20.3 Å². The molecule has 0 atom stereocenters. The molecule has 1 fully saturated rings. The number of methoxy groups -OCH3 is 1. The second-order valence-electron chi connectivity index (χ2n) is 4.55. The van der Waals surface area contributed by atoms with Crippen LogP contribution in [0.5, 0.6) is 0 Å². The van der Waals surface area contributed by atoms with E-state index in [2.05, 4.69) is 5.32 Å². The number of hydrogen-bond donors (Lipinski definition) is 1. The molecular formula is C10H20N2O4S. The Labute approximate surface area is 102 Å². The summed E-state index contributed by atoms with van der Waals surface area (Å²) < 4.78 is 30.3. The predicted molar refractivity (Wildman–Crippen MR) is 64.1 cm³/mol. The van der Waals surface area contributed by atoms with Crippen LogP contribution < -0.4 is 5.32 Å². The molecule has 0 aromatic rings. The SMILES string of the molecule is COCCCS(=O)(=O)N1CCNC(=O)C1(C)C. The third kappa shape index (κ3) is 3.17. The zero-order valence-corrected chi connectivity index (χ0v) is 11.3. The highest BCUT2D eigenvalue weighted by atomic mass is 32.2. The van der Waals surface area contributed by atoms with Gasteiger partial charge in [-0.25, -0.2) is 8.42 Å². The van der Waals surface area contributed by atoms with Crippen molar-refractivity contribution in [3.05, 3.63) is 0 Å². The first-order valence-electron chi connectivity index (χ1n) is 5.60. The van der Waals surface area contributed by atoms with Gasteiger partial charge in [-0.05, 0) is 20.3 Å². The van der Waals surface area contributed by atoms with Crippen LogP contribution in [0.2, 0.25) is 0 Å². The first-order valence-corrected chi connectivity index (χ1v) is 7.21. The molecule has 1 rings (SSSR count). The van der Waals surface area contributed by atoms with E-state index in [4.69, 9.17) is 4.74 Å². The van der Waals surface area contributed by atoms with Crippen LogP contribution in [0, 0.1) is 0 Å². The molecule has 0 aromatic carbocycles. The van der Waals surface area contributed by atoms with Gasteiger partial charge in [-0.2, -0.15) is 4.31 Å². The lowest BCUT2D eigenvalue weighted by Crippen LogP contribution is -2.63. The lowest BCUT2D eigenvalue weighted by Gasteiger charge is -2.39. The summed E-state index contributed by atoms with van der Waals surface area (Å²) in [6.07, 6.45) is 0.438. The van der Waals surface area contributed by atoms with Crippen molar-refractivity contribution in [2.75, 3.05) is 32.6 Å². The molecule has 17 heavy (non-hydrogen) atoms. The number of rotatable bonds is 5. The number of nitrogens with zero attached hydrogens (tertiary/aromatic N) is 1. The van der Waals surface area contributed by atoms with Crippen LogP contribution in [0.25, 0.3) is 0 Å². The molecule has 0 bridgehead atoms. The Balaban J connectivity index is 2.79. The largest absolute Gasteiger partial charge is 0.385 e. The van der Waals surface area contributed by atoms with Crippen molar-refractivity contribution in [2.24, 2.45) is 0 Å². The molecule has 1 amide bonds. The first kappa shape index (κ1) is 14.4. The molecule has 1 aliphatic heterocycles. The molecule has 0 unspecified atom stereocenters. The number of piperazine rings is 1. The number of amides is 1. The minimum Gasteiger partial charge on any atom is -0.385 e. The van der Waals surface area contributed by atoms with E-state index in [0.717, 1.165) is 0 Å². The van der Waals surface area contributed by atoms with E-state index in [1.54, 1.807) is 13.8 Å². The molecule has 0 spiro atoms. The van der Waals surface area contributed by atoms with Gasteiger partial charge in [0.1, 0.15) is 5.54 Å². The Hall–Kier alpha value is -0.660. The summed E-state index contributed by atoms with van der Waals surface area (Å²) in [4.78, 5) is 11.7. The van der Waals surface area contributed by atoms with E-state index in [1.807, 2.05) is 0 Å². The fourth-order valence-electron chi connectivity index (χ4n) is 1.86. The normalized spacial score (nSPS) is 21.2. The average molecular weight is 264 g/mol. The van der Waals surface area contributed by atoms with Crippen LogP contribution in [0.15, 0.2) is 0 Å². The van der Waals surface area contributed by atoms with Gasteiger partial charge in [0.25, 0.3) is 0 Å². The minimum atomic E-state index is -3.40. The smallest absolute Gasteiger partial charge is 0.241 e. The molecule has 7 heteroatoms. The van der Waals surface area contributed by atoms with Crippen molar-refractivity contribution < 1.29 is 17.9 Å². The van der Waals surface area contributed by atoms with Crippen molar-refractivity contribution in [1.29, 1.82) is 0 Å². The number of sulfonamides is 1. The van der Waals surface area contributed by atoms with Gasteiger partial charge in [-0.1, -0.05) is 0 Å². The molecule has 1 aliphatic rings. The third-order valence-corrected chi connectivity index (χ3v) is 4.98. The topological polar surface area (TPSA) is 75.7 Å². The number of hydrogen-bond acceptors (Lipinski definition) is 4. The van der Waals surface area contributed by atoms with Crippen molar-refractivity contribution in [3.63, 3.8) is 0 Å². The molecule has 100 valence electrons. The van der Waals surface area contributed by atoms with E-state index in [-0.39, 0.29) is 11.7 Å². The number of carbonyl (C=O) groups is 1. The van der Waals surface area contributed by atoms with Crippen molar-refractivity contribution in [1.82, 2.24) is 9.62 Å². The van der Waals surface area contributed by atoms with Crippen LogP contribution in [0.4, 0.5) is 0 Å². The maximum atomic E-state index is 12.1. The average Bonchev–Trinajstić information content (AvgIpc) is 2.22.